The van der Waals surface area contributed by atoms with Gasteiger partial charge in [0.2, 0.25) is 0 Å². The molecule has 2 saturated heterocycles. The first-order valence-corrected chi connectivity index (χ1v) is 10.6. The maximum Gasteiger partial charge on any atom is 0.193 e. The Morgan fingerprint density at radius 1 is 1.16 bits per heavy atom. The van der Waals surface area contributed by atoms with Crippen LogP contribution in [-0.4, -0.2) is 97.1 Å². The number of hydrogen-bond acceptors (Lipinski definition) is 4. The Morgan fingerprint density at radius 3 is 2.68 bits per heavy atom. The van der Waals surface area contributed by atoms with E-state index in [1.54, 1.807) is 0 Å². The molecular weight excluding hydrogens is 445 g/mol. The predicted molar refractivity (Wildman–Crippen MR) is 123 cm³/mol. The van der Waals surface area contributed by atoms with Gasteiger partial charge in [-0.15, -0.1) is 24.0 Å². The third-order valence-corrected chi connectivity index (χ3v) is 6.06. The second-order valence-corrected chi connectivity index (χ2v) is 9.42. The fourth-order valence-electron chi connectivity index (χ4n) is 3.43. The van der Waals surface area contributed by atoms with Gasteiger partial charge >= 0.3 is 0 Å². The van der Waals surface area contributed by atoms with Crippen LogP contribution in [0.4, 0.5) is 0 Å². The van der Waals surface area contributed by atoms with Gasteiger partial charge in [-0.25, -0.2) is 0 Å². The molecule has 0 aromatic carbocycles. The van der Waals surface area contributed by atoms with Crippen LogP contribution in [0, 0.1) is 0 Å². The number of thioether (sulfide) groups is 1. The first-order valence-electron chi connectivity index (χ1n) is 9.58. The van der Waals surface area contributed by atoms with Gasteiger partial charge in [-0.05, 0) is 60.3 Å². The third kappa shape index (κ3) is 8.67. The summed E-state index contributed by atoms with van der Waals surface area (Å²) in [7, 11) is 2.23. The van der Waals surface area contributed by atoms with E-state index in [4.69, 9.17) is 4.99 Å². The zero-order valence-electron chi connectivity index (χ0n) is 16.6. The van der Waals surface area contributed by atoms with Crippen LogP contribution in [0.1, 0.15) is 33.6 Å². The highest BCUT2D eigenvalue weighted by molar-refractivity contribution is 14.0. The summed E-state index contributed by atoms with van der Waals surface area (Å²) >= 11 is 2.07. The summed E-state index contributed by atoms with van der Waals surface area (Å²) < 4.78 is 0.326. The molecule has 2 fully saturated rings. The van der Waals surface area contributed by atoms with Gasteiger partial charge in [0.25, 0.3) is 0 Å². The highest BCUT2D eigenvalue weighted by atomic mass is 127. The molecule has 2 heterocycles. The van der Waals surface area contributed by atoms with Crippen molar-refractivity contribution in [2.24, 2.45) is 4.99 Å². The summed E-state index contributed by atoms with van der Waals surface area (Å²) in [6.07, 6.45) is 2.45. The lowest BCUT2D eigenvalue weighted by Gasteiger charge is -2.39. The zero-order chi connectivity index (χ0) is 17.4. The Hall–Kier alpha value is 0.270. The van der Waals surface area contributed by atoms with E-state index in [9.17, 15) is 0 Å². The minimum absolute atomic E-state index is 0. The second-order valence-electron chi connectivity index (χ2n) is 7.62. The second kappa shape index (κ2) is 11.9. The van der Waals surface area contributed by atoms with Crippen LogP contribution in [0.5, 0.6) is 0 Å². The summed E-state index contributed by atoms with van der Waals surface area (Å²) in [5.74, 6) is 2.31. The molecule has 0 saturated carbocycles. The SMILES string of the molecule is CCNC(=NCCCN1CCCN(C)CC1)N1CCSC(C)(C)C1.I. The molecule has 0 atom stereocenters. The Morgan fingerprint density at radius 2 is 1.96 bits per heavy atom. The lowest BCUT2D eigenvalue weighted by atomic mass is 10.2. The zero-order valence-corrected chi connectivity index (χ0v) is 19.7. The molecule has 0 unspecified atom stereocenters. The number of guanidine groups is 1. The Bertz CT molecular complexity index is 405. The molecule has 0 radical (unpaired) electrons. The topological polar surface area (TPSA) is 34.1 Å². The summed E-state index contributed by atoms with van der Waals surface area (Å²) in [4.78, 5) is 12.4. The standard InChI is InChI=1S/C18H37N5S.HI/c1-5-19-17(23-14-15-24-18(2,3)16-23)20-8-6-10-22-11-7-9-21(4)12-13-22;/h5-16H2,1-4H3,(H,19,20);1H. The average Bonchev–Trinajstić information content (AvgIpc) is 2.74. The van der Waals surface area contributed by atoms with Crippen LogP contribution >= 0.6 is 35.7 Å². The summed E-state index contributed by atoms with van der Waals surface area (Å²) in [6.45, 7) is 17.0. The monoisotopic (exact) mass is 483 g/mol. The maximum atomic E-state index is 4.91. The van der Waals surface area contributed by atoms with Crippen LogP contribution < -0.4 is 5.32 Å². The van der Waals surface area contributed by atoms with Crippen molar-refractivity contribution < 1.29 is 0 Å². The Kier molecular flexibility index (Phi) is 11.1. The van der Waals surface area contributed by atoms with E-state index >= 15 is 0 Å². The van der Waals surface area contributed by atoms with Gasteiger partial charge in [0.1, 0.15) is 0 Å². The van der Waals surface area contributed by atoms with E-state index in [1.807, 2.05) is 0 Å². The van der Waals surface area contributed by atoms with Crippen LogP contribution in [0.3, 0.4) is 0 Å². The Balaban J connectivity index is 0.00000312. The minimum atomic E-state index is 0. The molecule has 2 aliphatic heterocycles. The predicted octanol–water partition coefficient (Wildman–Crippen LogP) is 2.42. The van der Waals surface area contributed by atoms with Crippen molar-refractivity contribution in [3.63, 3.8) is 0 Å². The van der Waals surface area contributed by atoms with Gasteiger partial charge in [-0.1, -0.05) is 0 Å². The van der Waals surface area contributed by atoms with Crippen molar-refractivity contribution in [1.82, 2.24) is 20.0 Å². The van der Waals surface area contributed by atoms with Crippen molar-refractivity contribution in [2.75, 3.05) is 71.7 Å². The lowest BCUT2D eigenvalue weighted by Crippen LogP contribution is -2.51. The van der Waals surface area contributed by atoms with Gasteiger partial charge in [0.05, 0.1) is 0 Å². The normalized spacial score (nSPS) is 23.0. The molecular formula is C18H38IN5S. The highest BCUT2D eigenvalue weighted by Gasteiger charge is 2.28. The van der Waals surface area contributed by atoms with Crippen LogP contribution in [0.2, 0.25) is 0 Å². The highest BCUT2D eigenvalue weighted by Crippen LogP contribution is 2.29. The van der Waals surface area contributed by atoms with Crippen LogP contribution in [0.15, 0.2) is 4.99 Å². The van der Waals surface area contributed by atoms with Crippen molar-refractivity contribution in [3.05, 3.63) is 0 Å². The van der Waals surface area contributed by atoms with E-state index in [0.717, 1.165) is 38.6 Å². The summed E-state index contributed by atoms with van der Waals surface area (Å²) in [5.41, 5.74) is 0. The van der Waals surface area contributed by atoms with Crippen molar-refractivity contribution >= 4 is 41.7 Å². The average molecular weight is 484 g/mol. The van der Waals surface area contributed by atoms with E-state index in [1.165, 1.54) is 44.9 Å². The largest absolute Gasteiger partial charge is 0.357 e. The number of likely N-dealkylation sites (N-methyl/N-ethyl adjacent to an activating group) is 1. The van der Waals surface area contributed by atoms with E-state index in [2.05, 4.69) is 59.6 Å². The van der Waals surface area contributed by atoms with Crippen molar-refractivity contribution in [1.29, 1.82) is 0 Å². The lowest BCUT2D eigenvalue weighted by molar-refractivity contribution is 0.274. The maximum absolute atomic E-state index is 4.91. The molecule has 148 valence electrons. The molecule has 0 aromatic heterocycles. The molecule has 2 aliphatic rings. The summed E-state index contributed by atoms with van der Waals surface area (Å²) in [6, 6.07) is 0. The van der Waals surface area contributed by atoms with Gasteiger partial charge < -0.3 is 20.0 Å². The molecule has 2 rings (SSSR count). The molecule has 0 bridgehead atoms. The molecule has 5 nitrogen and oxygen atoms in total. The van der Waals surface area contributed by atoms with Gasteiger partial charge in [0, 0.05) is 49.8 Å². The van der Waals surface area contributed by atoms with E-state index < -0.39 is 0 Å². The molecule has 1 N–H and O–H groups in total. The molecule has 0 aliphatic carbocycles. The molecule has 25 heavy (non-hydrogen) atoms. The minimum Gasteiger partial charge on any atom is -0.357 e. The van der Waals surface area contributed by atoms with Crippen molar-refractivity contribution in [3.8, 4) is 0 Å². The number of halogens is 1. The molecule has 0 amide bonds. The first-order chi connectivity index (χ1) is 11.5. The van der Waals surface area contributed by atoms with E-state index in [-0.39, 0.29) is 24.0 Å². The fourth-order valence-corrected chi connectivity index (χ4v) is 4.54. The van der Waals surface area contributed by atoms with Gasteiger partial charge in [-0.3, -0.25) is 4.99 Å². The number of rotatable bonds is 5. The quantitative estimate of drug-likeness (QED) is 0.281. The van der Waals surface area contributed by atoms with Crippen LogP contribution in [0.25, 0.3) is 0 Å². The third-order valence-electron chi connectivity index (χ3n) is 4.77. The van der Waals surface area contributed by atoms with Gasteiger partial charge in [0.15, 0.2) is 5.96 Å². The first kappa shape index (κ1) is 23.3. The Labute approximate surface area is 176 Å². The number of hydrogen-bond donors (Lipinski definition) is 1. The van der Waals surface area contributed by atoms with E-state index in [0.29, 0.717) is 4.75 Å². The van der Waals surface area contributed by atoms with Gasteiger partial charge in [-0.2, -0.15) is 11.8 Å². The number of nitrogens with zero attached hydrogens (tertiary/aromatic N) is 4. The fraction of sp³-hybridized carbons (Fsp3) is 0.944. The van der Waals surface area contributed by atoms with Crippen molar-refractivity contribution in [2.45, 2.75) is 38.4 Å². The number of nitrogens with one attached hydrogen (secondary N) is 1. The molecule has 0 spiro atoms. The molecule has 7 heteroatoms. The number of aliphatic imine (C=N–C) groups is 1. The summed E-state index contributed by atoms with van der Waals surface area (Å²) in [5, 5.41) is 3.49. The smallest absolute Gasteiger partial charge is 0.193 e. The molecule has 0 aromatic rings. The van der Waals surface area contributed by atoms with Crippen LogP contribution in [-0.2, 0) is 0 Å².